The van der Waals surface area contributed by atoms with Gasteiger partial charge in [-0.15, -0.1) is 0 Å². The molecule has 1 saturated heterocycles. The fourth-order valence-corrected chi connectivity index (χ4v) is 4.37. The highest BCUT2D eigenvalue weighted by Gasteiger charge is 2.35. The molecule has 178 valence electrons. The van der Waals surface area contributed by atoms with Gasteiger partial charge in [0.05, 0.1) is 34.2 Å². The van der Waals surface area contributed by atoms with Gasteiger partial charge in [0.2, 0.25) is 0 Å². The van der Waals surface area contributed by atoms with Gasteiger partial charge in [0.1, 0.15) is 5.82 Å². The zero-order valence-electron chi connectivity index (χ0n) is 18.1. The van der Waals surface area contributed by atoms with E-state index >= 15 is 0 Å². The highest BCUT2D eigenvalue weighted by molar-refractivity contribution is 8.18. The molecule has 0 aliphatic carbocycles. The van der Waals surface area contributed by atoms with Gasteiger partial charge >= 0.3 is 5.97 Å². The Kier molecular flexibility index (Phi) is 7.45. The molecular formula is C25H16Cl2FNO5S. The number of ether oxygens (including phenoxy) is 2. The van der Waals surface area contributed by atoms with E-state index in [1.54, 1.807) is 36.4 Å². The predicted molar refractivity (Wildman–Crippen MR) is 132 cm³/mol. The third kappa shape index (κ3) is 5.67. The van der Waals surface area contributed by atoms with Crippen molar-refractivity contribution in [1.82, 2.24) is 4.90 Å². The van der Waals surface area contributed by atoms with Gasteiger partial charge in [-0.25, -0.2) is 9.18 Å². The number of benzene rings is 3. The molecule has 0 N–H and O–H groups in total. The summed E-state index contributed by atoms with van der Waals surface area (Å²) in [5.74, 6) is -1.21. The molecule has 0 aromatic heterocycles. The largest absolute Gasteiger partial charge is 0.493 e. The average Bonchev–Trinajstić information content (AvgIpc) is 3.10. The molecule has 1 fully saturated rings. The Balaban J connectivity index is 1.51. The van der Waals surface area contributed by atoms with Crippen LogP contribution in [0.4, 0.5) is 9.18 Å². The minimum atomic E-state index is -0.681. The van der Waals surface area contributed by atoms with Gasteiger partial charge < -0.3 is 9.47 Å². The molecule has 3 aromatic carbocycles. The Labute approximate surface area is 214 Å². The first kappa shape index (κ1) is 24.8. The van der Waals surface area contributed by atoms with Crippen LogP contribution in [0.25, 0.3) is 6.08 Å². The van der Waals surface area contributed by atoms with Crippen LogP contribution in [0.1, 0.15) is 21.5 Å². The second-order valence-electron chi connectivity index (χ2n) is 7.32. The molecule has 3 aromatic rings. The molecular weight excluding hydrogens is 516 g/mol. The summed E-state index contributed by atoms with van der Waals surface area (Å²) < 4.78 is 23.8. The predicted octanol–water partition coefficient (Wildman–Crippen LogP) is 6.60. The van der Waals surface area contributed by atoms with Crippen molar-refractivity contribution >= 4 is 58.2 Å². The topological polar surface area (TPSA) is 72.9 Å². The molecule has 0 saturated carbocycles. The van der Waals surface area contributed by atoms with Crippen molar-refractivity contribution in [1.29, 1.82) is 0 Å². The molecule has 0 spiro atoms. The maximum atomic E-state index is 13.1. The van der Waals surface area contributed by atoms with Crippen LogP contribution in [0.3, 0.4) is 0 Å². The summed E-state index contributed by atoms with van der Waals surface area (Å²) in [5.41, 5.74) is 1.40. The second kappa shape index (κ2) is 10.5. The molecule has 1 aliphatic heterocycles. The fraction of sp³-hybridized carbons (Fsp3) is 0.0800. The van der Waals surface area contributed by atoms with Crippen LogP contribution in [0.5, 0.6) is 11.5 Å². The number of esters is 1. The Morgan fingerprint density at radius 3 is 2.43 bits per heavy atom. The van der Waals surface area contributed by atoms with Crippen LogP contribution in [0, 0.1) is 5.82 Å². The van der Waals surface area contributed by atoms with Crippen LogP contribution in [-0.4, -0.2) is 29.1 Å². The number of rotatable bonds is 6. The van der Waals surface area contributed by atoms with Gasteiger partial charge in [-0.05, 0) is 77.5 Å². The van der Waals surface area contributed by atoms with Gasteiger partial charge in [-0.3, -0.25) is 14.5 Å². The van der Waals surface area contributed by atoms with Crippen molar-refractivity contribution in [2.45, 2.75) is 6.54 Å². The van der Waals surface area contributed by atoms with E-state index in [4.69, 9.17) is 32.7 Å². The summed E-state index contributed by atoms with van der Waals surface area (Å²) in [6.07, 6.45) is 1.55. The second-order valence-corrected chi connectivity index (χ2v) is 9.13. The van der Waals surface area contributed by atoms with E-state index in [1.165, 1.54) is 25.3 Å². The van der Waals surface area contributed by atoms with E-state index in [1.807, 2.05) is 0 Å². The Morgan fingerprint density at radius 1 is 1.00 bits per heavy atom. The Bertz CT molecular complexity index is 1360. The zero-order valence-corrected chi connectivity index (χ0v) is 20.4. The molecule has 2 amide bonds. The lowest BCUT2D eigenvalue weighted by molar-refractivity contribution is -0.123. The number of carbonyl (C=O) groups is 3. The van der Waals surface area contributed by atoms with Crippen LogP contribution in [-0.2, 0) is 11.3 Å². The molecule has 0 unspecified atom stereocenters. The number of nitrogens with zero attached hydrogens (tertiary/aromatic N) is 1. The molecule has 0 bridgehead atoms. The number of amides is 2. The minimum Gasteiger partial charge on any atom is -0.493 e. The molecule has 1 heterocycles. The van der Waals surface area contributed by atoms with E-state index in [0.29, 0.717) is 21.2 Å². The number of hydrogen-bond acceptors (Lipinski definition) is 6. The summed E-state index contributed by atoms with van der Waals surface area (Å²) >= 11 is 12.8. The first-order valence-electron chi connectivity index (χ1n) is 10.1. The zero-order chi connectivity index (χ0) is 25.1. The number of halogens is 3. The number of carbonyl (C=O) groups excluding carboxylic acids is 3. The summed E-state index contributed by atoms with van der Waals surface area (Å²) in [7, 11) is 1.40. The van der Waals surface area contributed by atoms with E-state index in [2.05, 4.69) is 0 Å². The van der Waals surface area contributed by atoms with Gasteiger partial charge in [0, 0.05) is 0 Å². The van der Waals surface area contributed by atoms with Crippen LogP contribution >= 0.6 is 35.0 Å². The average molecular weight is 532 g/mol. The van der Waals surface area contributed by atoms with Gasteiger partial charge in [-0.2, -0.15) is 0 Å². The number of hydrogen-bond donors (Lipinski definition) is 0. The first-order chi connectivity index (χ1) is 16.7. The highest BCUT2D eigenvalue weighted by atomic mass is 35.5. The maximum Gasteiger partial charge on any atom is 0.343 e. The van der Waals surface area contributed by atoms with Crippen molar-refractivity contribution in [2.75, 3.05) is 7.11 Å². The lowest BCUT2D eigenvalue weighted by Gasteiger charge is -2.13. The SMILES string of the molecule is COc1cc(/C=C2\SC(=O)N(Cc3ccc(Cl)c(Cl)c3)C2=O)ccc1OC(=O)c1ccc(F)cc1. The van der Waals surface area contributed by atoms with Gasteiger partial charge in [-0.1, -0.05) is 35.3 Å². The summed E-state index contributed by atoms with van der Waals surface area (Å²) in [6.45, 7) is 0.0560. The maximum absolute atomic E-state index is 13.1. The van der Waals surface area contributed by atoms with Crippen molar-refractivity contribution in [3.63, 3.8) is 0 Å². The standard InChI is InChI=1S/C25H16Cl2FNO5S/c1-33-21-11-14(3-9-20(21)34-24(31)16-4-6-17(28)7-5-16)12-22-23(30)29(25(32)35-22)13-15-2-8-18(26)19(27)10-15/h2-12H,13H2,1H3/b22-12-. The first-order valence-corrected chi connectivity index (χ1v) is 11.7. The lowest BCUT2D eigenvalue weighted by atomic mass is 10.1. The van der Waals surface area contributed by atoms with Crippen molar-refractivity contribution in [3.8, 4) is 11.5 Å². The number of methoxy groups -OCH3 is 1. The number of imide groups is 1. The van der Waals surface area contributed by atoms with E-state index in [0.717, 1.165) is 28.8 Å². The van der Waals surface area contributed by atoms with Crippen molar-refractivity contribution in [2.24, 2.45) is 0 Å². The smallest absolute Gasteiger partial charge is 0.343 e. The van der Waals surface area contributed by atoms with E-state index in [9.17, 15) is 18.8 Å². The van der Waals surface area contributed by atoms with Crippen LogP contribution in [0.2, 0.25) is 10.0 Å². The lowest BCUT2D eigenvalue weighted by Crippen LogP contribution is -2.27. The summed E-state index contributed by atoms with van der Waals surface area (Å²) in [4.78, 5) is 39.0. The summed E-state index contributed by atoms with van der Waals surface area (Å²) in [5, 5.41) is 0.299. The van der Waals surface area contributed by atoms with Crippen molar-refractivity contribution < 1.29 is 28.2 Å². The van der Waals surface area contributed by atoms with E-state index < -0.39 is 22.9 Å². The van der Waals surface area contributed by atoms with Gasteiger partial charge in [0.25, 0.3) is 11.1 Å². The third-order valence-corrected chi connectivity index (χ3v) is 6.61. The third-order valence-electron chi connectivity index (χ3n) is 4.97. The molecule has 35 heavy (non-hydrogen) atoms. The normalized spacial score (nSPS) is 14.5. The fourth-order valence-electron chi connectivity index (χ4n) is 3.21. The Morgan fingerprint density at radius 2 is 1.74 bits per heavy atom. The summed E-state index contributed by atoms with van der Waals surface area (Å²) in [6, 6.07) is 14.5. The molecule has 6 nitrogen and oxygen atoms in total. The highest BCUT2D eigenvalue weighted by Crippen LogP contribution is 2.36. The molecule has 1 aliphatic rings. The molecule has 4 rings (SSSR count). The molecule has 0 atom stereocenters. The minimum absolute atomic E-state index is 0.0560. The van der Waals surface area contributed by atoms with Crippen LogP contribution < -0.4 is 9.47 Å². The molecule has 0 radical (unpaired) electrons. The van der Waals surface area contributed by atoms with Crippen molar-refractivity contribution in [3.05, 3.63) is 98.1 Å². The Hall–Kier alpha value is -3.33. The quantitative estimate of drug-likeness (QED) is 0.203. The van der Waals surface area contributed by atoms with Gasteiger partial charge in [0.15, 0.2) is 11.5 Å². The molecule has 10 heteroatoms. The monoisotopic (exact) mass is 531 g/mol. The number of thioether (sulfide) groups is 1. The van der Waals surface area contributed by atoms with E-state index in [-0.39, 0.29) is 28.5 Å². The van der Waals surface area contributed by atoms with Crippen LogP contribution in [0.15, 0.2) is 65.6 Å².